The molecule has 3 aliphatic heterocycles. The molecular formula is C30H36N6O3. The van der Waals surface area contributed by atoms with Gasteiger partial charge in [0.15, 0.2) is 0 Å². The number of carbonyl (C=O) groups is 3. The molecule has 6 rings (SSSR count). The number of nitrogens with one attached hydrogen (secondary N) is 2. The Hall–Kier alpha value is -3.88. The summed E-state index contributed by atoms with van der Waals surface area (Å²) >= 11 is 0. The molecule has 0 radical (unpaired) electrons. The smallest absolute Gasteiger partial charge is 0.322 e. The number of likely N-dealkylation sites (tertiary alicyclic amines) is 1. The van der Waals surface area contributed by atoms with E-state index < -0.39 is 6.17 Å². The van der Waals surface area contributed by atoms with Crippen LogP contribution >= 0.6 is 0 Å². The summed E-state index contributed by atoms with van der Waals surface area (Å²) in [4.78, 5) is 49.8. The van der Waals surface area contributed by atoms with Crippen molar-refractivity contribution in [3.05, 3.63) is 59.7 Å². The highest BCUT2D eigenvalue weighted by molar-refractivity contribution is 6.13. The van der Waals surface area contributed by atoms with E-state index in [2.05, 4.69) is 10.6 Å². The van der Waals surface area contributed by atoms with Crippen molar-refractivity contribution in [3.63, 3.8) is 0 Å². The average Bonchev–Trinajstić information content (AvgIpc) is 3.08. The average molecular weight is 529 g/mol. The molecule has 1 atom stereocenters. The lowest BCUT2D eigenvalue weighted by Gasteiger charge is -2.40. The van der Waals surface area contributed by atoms with Gasteiger partial charge in [0.05, 0.1) is 11.4 Å². The Morgan fingerprint density at radius 2 is 1.67 bits per heavy atom. The molecule has 4 aliphatic rings. The molecule has 204 valence electrons. The van der Waals surface area contributed by atoms with Crippen molar-refractivity contribution in [3.8, 4) is 0 Å². The maximum Gasteiger partial charge on any atom is 0.322 e. The molecule has 2 aromatic carbocycles. The summed E-state index contributed by atoms with van der Waals surface area (Å²) < 4.78 is 0. The highest BCUT2D eigenvalue weighted by atomic mass is 16.2. The number of rotatable bonds is 3. The van der Waals surface area contributed by atoms with Crippen LogP contribution in [0.25, 0.3) is 0 Å². The van der Waals surface area contributed by atoms with E-state index in [1.54, 1.807) is 16.8 Å². The summed E-state index contributed by atoms with van der Waals surface area (Å²) in [6.45, 7) is 1.59. The van der Waals surface area contributed by atoms with Crippen LogP contribution in [-0.2, 0) is 11.3 Å². The molecule has 2 fully saturated rings. The van der Waals surface area contributed by atoms with Gasteiger partial charge < -0.3 is 25.3 Å². The minimum absolute atomic E-state index is 0.0541. The zero-order valence-electron chi connectivity index (χ0n) is 22.4. The first kappa shape index (κ1) is 25.4. The van der Waals surface area contributed by atoms with E-state index in [1.807, 2.05) is 53.4 Å². The van der Waals surface area contributed by atoms with Crippen LogP contribution in [0.4, 0.5) is 21.0 Å². The van der Waals surface area contributed by atoms with Crippen LogP contribution in [0.15, 0.2) is 53.5 Å². The third-order valence-corrected chi connectivity index (χ3v) is 8.68. The van der Waals surface area contributed by atoms with Gasteiger partial charge in [0.1, 0.15) is 0 Å². The van der Waals surface area contributed by atoms with Crippen LogP contribution in [0.2, 0.25) is 0 Å². The predicted molar refractivity (Wildman–Crippen MR) is 151 cm³/mol. The number of amides is 5. The topological polar surface area (TPSA) is 97.4 Å². The molecule has 3 heterocycles. The Kier molecular flexibility index (Phi) is 6.97. The largest absolute Gasteiger partial charge is 0.325 e. The van der Waals surface area contributed by atoms with Crippen molar-refractivity contribution in [2.75, 3.05) is 30.4 Å². The van der Waals surface area contributed by atoms with Gasteiger partial charge in [-0.25, -0.2) is 9.59 Å². The van der Waals surface area contributed by atoms with Crippen LogP contribution in [-0.4, -0.2) is 65.8 Å². The minimum Gasteiger partial charge on any atom is -0.325 e. The number of nitrogens with zero attached hydrogens (tertiary/aromatic N) is 4. The van der Waals surface area contributed by atoms with Crippen LogP contribution in [0.1, 0.15) is 56.1 Å². The molecule has 1 aliphatic carbocycles. The summed E-state index contributed by atoms with van der Waals surface area (Å²) in [5.74, 6) is 0.0512. The number of anilines is 2. The van der Waals surface area contributed by atoms with Gasteiger partial charge in [-0.1, -0.05) is 55.7 Å². The van der Waals surface area contributed by atoms with Crippen molar-refractivity contribution in [1.82, 2.24) is 15.1 Å². The molecule has 0 aromatic heterocycles. The van der Waals surface area contributed by atoms with Gasteiger partial charge in [0.25, 0.3) is 5.91 Å². The van der Waals surface area contributed by atoms with E-state index in [0.717, 1.165) is 53.9 Å². The van der Waals surface area contributed by atoms with Crippen LogP contribution in [0.3, 0.4) is 0 Å². The first-order valence-electron chi connectivity index (χ1n) is 14.1. The predicted octanol–water partition coefficient (Wildman–Crippen LogP) is 4.58. The molecule has 9 heteroatoms. The van der Waals surface area contributed by atoms with Crippen LogP contribution < -0.4 is 15.5 Å². The van der Waals surface area contributed by atoms with E-state index in [9.17, 15) is 14.4 Å². The highest BCUT2D eigenvalue weighted by Gasteiger charge is 2.36. The maximum absolute atomic E-state index is 13.5. The standard InChI is InChI=1S/C30H36N6O3/c1-34-25-14-8-6-12-23(25)26(20-9-3-2-4-10-20)32-27(28(34)37)33-29(38)35-17-15-22(16-18-35)36-19-21-11-5-7-13-24(21)31-30(36)39/h5-8,11-14,20,22,27H,2-4,9-10,15-19H2,1H3,(H,31,39)(H,33,38)/t27-/m0/s1. The van der Waals surface area contributed by atoms with E-state index >= 15 is 0 Å². The van der Waals surface area contributed by atoms with E-state index in [1.165, 1.54) is 6.42 Å². The molecule has 0 bridgehead atoms. The third-order valence-electron chi connectivity index (χ3n) is 8.68. The number of benzene rings is 2. The summed E-state index contributed by atoms with van der Waals surface area (Å²) in [7, 11) is 1.76. The van der Waals surface area contributed by atoms with E-state index in [-0.39, 0.29) is 29.9 Å². The quantitative estimate of drug-likeness (QED) is 0.610. The molecule has 2 N–H and O–H groups in total. The van der Waals surface area contributed by atoms with Crippen molar-refractivity contribution >= 4 is 35.1 Å². The van der Waals surface area contributed by atoms with Gasteiger partial charge in [-0.15, -0.1) is 0 Å². The number of para-hydroxylation sites is 2. The second-order valence-electron chi connectivity index (χ2n) is 11.0. The van der Waals surface area contributed by atoms with Crippen molar-refractivity contribution in [2.24, 2.45) is 10.9 Å². The Bertz CT molecular complexity index is 1300. The lowest BCUT2D eigenvalue weighted by Crippen LogP contribution is -2.55. The lowest BCUT2D eigenvalue weighted by molar-refractivity contribution is -0.119. The summed E-state index contributed by atoms with van der Waals surface area (Å²) in [6, 6.07) is 15.4. The van der Waals surface area contributed by atoms with Gasteiger partial charge in [-0.3, -0.25) is 9.79 Å². The fraction of sp³-hybridized carbons (Fsp3) is 0.467. The number of hydrogen-bond donors (Lipinski definition) is 2. The van der Waals surface area contributed by atoms with Gasteiger partial charge in [-0.2, -0.15) is 0 Å². The van der Waals surface area contributed by atoms with E-state index in [0.29, 0.717) is 32.5 Å². The number of hydrogen-bond acceptors (Lipinski definition) is 4. The maximum atomic E-state index is 13.5. The van der Waals surface area contributed by atoms with Gasteiger partial charge in [0.2, 0.25) is 6.17 Å². The number of benzodiazepines with no additional fused rings is 1. The molecule has 1 saturated carbocycles. The van der Waals surface area contributed by atoms with Crippen molar-refractivity contribution in [1.29, 1.82) is 0 Å². The van der Waals surface area contributed by atoms with Crippen molar-refractivity contribution in [2.45, 2.75) is 63.7 Å². The Balaban J connectivity index is 1.14. The first-order chi connectivity index (χ1) is 19.0. The lowest BCUT2D eigenvalue weighted by atomic mass is 9.83. The Labute approximate surface area is 229 Å². The molecule has 2 aromatic rings. The van der Waals surface area contributed by atoms with Crippen molar-refractivity contribution < 1.29 is 14.4 Å². The fourth-order valence-electron chi connectivity index (χ4n) is 6.45. The molecule has 5 amide bonds. The summed E-state index contributed by atoms with van der Waals surface area (Å²) in [5.41, 5.74) is 4.72. The summed E-state index contributed by atoms with van der Waals surface area (Å²) in [6.07, 6.45) is 6.04. The molecule has 0 unspecified atom stereocenters. The van der Waals surface area contributed by atoms with Gasteiger partial charge in [0, 0.05) is 49.9 Å². The minimum atomic E-state index is -0.964. The second kappa shape index (κ2) is 10.7. The fourth-order valence-corrected chi connectivity index (χ4v) is 6.45. The number of urea groups is 2. The number of carbonyl (C=O) groups excluding carboxylic acids is 3. The molecular weight excluding hydrogens is 492 g/mol. The van der Waals surface area contributed by atoms with Crippen LogP contribution in [0.5, 0.6) is 0 Å². The SMILES string of the molecule is CN1C(=O)[C@H](NC(=O)N2CCC(N3Cc4ccccc4NC3=O)CC2)N=C(C2CCCCC2)c2ccccc21. The molecule has 9 nitrogen and oxygen atoms in total. The summed E-state index contributed by atoms with van der Waals surface area (Å²) in [5, 5.41) is 5.93. The number of likely N-dealkylation sites (N-methyl/N-ethyl adjacent to an activating group) is 1. The Morgan fingerprint density at radius 1 is 0.949 bits per heavy atom. The zero-order valence-corrected chi connectivity index (χ0v) is 22.4. The molecule has 0 spiro atoms. The van der Waals surface area contributed by atoms with Gasteiger partial charge >= 0.3 is 12.1 Å². The van der Waals surface area contributed by atoms with E-state index in [4.69, 9.17) is 4.99 Å². The Morgan fingerprint density at radius 3 is 2.46 bits per heavy atom. The van der Waals surface area contributed by atoms with Crippen LogP contribution in [0, 0.1) is 5.92 Å². The highest BCUT2D eigenvalue weighted by Crippen LogP contribution is 2.33. The van der Waals surface area contributed by atoms with Gasteiger partial charge in [-0.05, 0) is 43.4 Å². The third kappa shape index (κ3) is 4.97. The monoisotopic (exact) mass is 528 g/mol. The molecule has 1 saturated heterocycles. The molecule has 39 heavy (non-hydrogen) atoms. The number of aliphatic imine (C=N–C) groups is 1. The first-order valence-corrected chi connectivity index (χ1v) is 14.1. The number of fused-ring (bicyclic) bond motifs is 2. The number of piperidine rings is 1. The second-order valence-corrected chi connectivity index (χ2v) is 11.0. The normalized spacial score (nSPS) is 22.4. The zero-order chi connectivity index (χ0) is 26.9.